The van der Waals surface area contributed by atoms with E-state index in [2.05, 4.69) is 4.74 Å². The summed E-state index contributed by atoms with van der Waals surface area (Å²) in [6.07, 6.45) is -6.67. The fourth-order valence-electron chi connectivity index (χ4n) is 1.66. The fraction of sp³-hybridized carbons (Fsp3) is 1.00. The molecule has 0 bridgehead atoms. The van der Waals surface area contributed by atoms with E-state index in [1.165, 1.54) is 4.72 Å². The summed E-state index contributed by atoms with van der Waals surface area (Å²) < 4.78 is 69.4. The first-order valence-electron chi connectivity index (χ1n) is 5.29. The van der Waals surface area contributed by atoms with Gasteiger partial charge in [-0.1, -0.05) is 0 Å². The first-order chi connectivity index (χ1) is 9.05. The molecule has 20 heavy (non-hydrogen) atoms. The van der Waals surface area contributed by atoms with Crippen molar-refractivity contribution in [3.8, 4) is 0 Å². The number of hydrogen-bond donors (Lipinski definition) is 4. The van der Waals surface area contributed by atoms with Gasteiger partial charge in [0.2, 0.25) is 0 Å². The molecule has 0 saturated carbocycles. The molecule has 0 aromatic carbocycles. The van der Waals surface area contributed by atoms with Crippen molar-refractivity contribution in [2.75, 3.05) is 13.7 Å². The van der Waals surface area contributed by atoms with Crippen molar-refractivity contribution in [2.45, 2.75) is 36.2 Å². The lowest BCUT2D eigenvalue weighted by molar-refractivity contribution is -0.260. The van der Waals surface area contributed by atoms with Crippen molar-refractivity contribution < 1.29 is 46.4 Å². The van der Waals surface area contributed by atoms with Crippen LogP contribution >= 0.6 is 0 Å². The largest absolute Gasteiger partial charge is 0.511 e. The monoisotopic (exact) mass is 325 g/mol. The number of aliphatic hydroxyl groups is 3. The van der Waals surface area contributed by atoms with Crippen LogP contribution in [0.2, 0.25) is 0 Å². The van der Waals surface area contributed by atoms with Crippen LogP contribution in [0, 0.1) is 0 Å². The first kappa shape index (κ1) is 17.6. The van der Waals surface area contributed by atoms with Crippen molar-refractivity contribution in [3.63, 3.8) is 0 Å². The molecule has 1 rings (SSSR count). The van der Waals surface area contributed by atoms with Crippen molar-refractivity contribution in [2.24, 2.45) is 0 Å². The molecule has 0 aromatic heterocycles. The Labute approximate surface area is 112 Å². The van der Waals surface area contributed by atoms with Gasteiger partial charge in [0.15, 0.2) is 6.29 Å². The van der Waals surface area contributed by atoms with Crippen LogP contribution in [0.15, 0.2) is 0 Å². The van der Waals surface area contributed by atoms with Gasteiger partial charge in [0.1, 0.15) is 24.4 Å². The van der Waals surface area contributed by atoms with Crippen LogP contribution in [-0.4, -0.2) is 73.6 Å². The summed E-state index contributed by atoms with van der Waals surface area (Å²) in [5.74, 6) is 0. The predicted octanol–water partition coefficient (Wildman–Crippen LogP) is -2.12. The van der Waals surface area contributed by atoms with Crippen LogP contribution in [0.3, 0.4) is 0 Å². The number of alkyl halides is 3. The number of rotatable bonds is 4. The van der Waals surface area contributed by atoms with Crippen LogP contribution in [0.25, 0.3) is 0 Å². The van der Waals surface area contributed by atoms with Crippen molar-refractivity contribution >= 4 is 10.0 Å². The van der Waals surface area contributed by atoms with E-state index in [9.17, 15) is 31.8 Å². The normalized spacial score (nSPS) is 36.0. The van der Waals surface area contributed by atoms with Gasteiger partial charge in [0.05, 0.1) is 6.61 Å². The number of ether oxygens (including phenoxy) is 2. The third kappa shape index (κ3) is 3.39. The molecule has 0 radical (unpaired) electrons. The summed E-state index contributed by atoms with van der Waals surface area (Å²) in [5, 5.41) is 28.0. The van der Waals surface area contributed by atoms with Gasteiger partial charge < -0.3 is 24.8 Å². The molecule has 4 N–H and O–H groups in total. The highest BCUT2D eigenvalue weighted by atomic mass is 32.2. The second kappa shape index (κ2) is 6.09. The summed E-state index contributed by atoms with van der Waals surface area (Å²) in [5.41, 5.74) is -5.59. The average Bonchev–Trinajstić information content (AvgIpc) is 2.34. The Bertz CT molecular complexity index is 426. The van der Waals surface area contributed by atoms with E-state index in [1.54, 1.807) is 0 Å². The van der Waals surface area contributed by atoms with Crippen molar-refractivity contribution in [1.82, 2.24) is 4.72 Å². The van der Waals surface area contributed by atoms with E-state index in [1.807, 2.05) is 0 Å². The fourth-order valence-corrected chi connectivity index (χ4v) is 2.40. The average molecular weight is 325 g/mol. The highest BCUT2D eigenvalue weighted by Gasteiger charge is 2.52. The molecule has 1 aliphatic rings. The quantitative estimate of drug-likeness (QED) is 0.466. The molecule has 1 unspecified atom stereocenters. The Morgan fingerprint density at radius 1 is 1.30 bits per heavy atom. The molecule has 8 nitrogen and oxygen atoms in total. The Hall–Kier alpha value is -0.500. The zero-order valence-electron chi connectivity index (χ0n) is 10.1. The van der Waals surface area contributed by atoms with Gasteiger partial charge in [0, 0.05) is 7.11 Å². The molecule has 0 aliphatic carbocycles. The number of hydrogen-bond acceptors (Lipinski definition) is 7. The van der Waals surface area contributed by atoms with Crippen LogP contribution in [0.4, 0.5) is 13.2 Å². The minimum atomic E-state index is -5.76. The van der Waals surface area contributed by atoms with E-state index >= 15 is 0 Å². The van der Waals surface area contributed by atoms with Gasteiger partial charge in [-0.2, -0.15) is 17.9 Å². The predicted molar refractivity (Wildman–Crippen MR) is 56.7 cm³/mol. The van der Waals surface area contributed by atoms with Gasteiger partial charge in [-0.15, -0.1) is 0 Å². The number of methoxy groups -OCH3 is 1. The van der Waals surface area contributed by atoms with E-state index < -0.39 is 52.8 Å². The standard InChI is InChI=1S/C8H14F3NO7S/c1-18-7-4(12-20(16,17)8(9,10)11)6(15)5(14)3(2-13)19-7/h3-7,12-15H,2H2,1H3/t3-,4-,5+,6-,7?/m1/s1. The van der Waals surface area contributed by atoms with Gasteiger partial charge in [-0.05, 0) is 0 Å². The third-order valence-electron chi connectivity index (χ3n) is 2.71. The molecule has 0 spiro atoms. The summed E-state index contributed by atoms with van der Waals surface area (Å²) in [4.78, 5) is 0. The lowest BCUT2D eigenvalue weighted by atomic mass is 9.98. The molecule has 1 heterocycles. The van der Waals surface area contributed by atoms with E-state index in [4.69, 9.17) is 9.84 Å². The SMILES string of the molecule is COC1O[C@H](CO)[C@H](O)[C@H](O)[C@H]1NS(=O)(=O)C(F)(F)F. The zero-order valence-corrected chi connectivity index (χ0v) is 10.9. The summed E-state index contributed by atoms with van der Waals surface area (Å²) in [7, 11) is -4.77. The van der Waals surface area contributed by atoms with Gasteiger partial charge in [-0.3, -0.25) is 0 Å². The van der Waals surface area contributed by atoms with Crippen molar-refractivity contribution in [1.29, 1.82) is 0 Å². The van der Waals surface area contributed by atoms with Crippen LogP contribution < -0.4 is 4.72 Å². The molecule has 1 aliphatic heterocycles. The number of sulfonamides is 1. The Balaban J connectivity index is 2.98. The summed E-state index contributed by atoms with van der Waals surface area (Å²) in [6.45, 7) is -0.739. The lowest BCUT2D eigenvalue weighted by Crippen LogP contribution is -2.65. The first-order valence-corrected chi connectivity index (χ1v) is 6.77. The zero-order chi connectivity index (χ0) is 15.7. The molecule has 0 amide bonds. The van der Waals surface area contributed by atoms with Gasteiger partial charge >= 0.3 is 15.5 Å². The van der Waals surface area contributed by atoms with E-state index in [0.717, 1.165) is 7.11 Å². The molecule has 0 aromatic rings. The molecular formula is C8H14F3NO7S. The minimum absolute atomic E-state index is 0.739. The van der Waals surface area contributed by atoms with Crippen LogP contribution in [0.5, 0.6) is 0 Å². The Morgan fingerprint density at radius 2 is 1.85 bits per heavy atom. The van der Waals surface area contributed by atoms with E-state index in [0.29, 0.717) is 0 Å². The van der Waals surface area contributed by atoms with Gasteiger partial charge in [0.25, 0.3) is 0 Å². The maximum absolute atomic E-state index is 12.3. The topological polar surface area (TPSA) is 125 Å². The molecule has 12 heteroatoms. The Kier molecular flexibility index (Phi) is 5.34. The maximum Gasteiger partial charge on any atom is 0.511 e. The highest BCUT2D eigenvalue weighted by Crippen LogP contribution is 2.26. The van der Waals surface area contributed by atoms with Crippen molar-refractivity contribution in [3.05, 3.63) is 0 Å². The number of aliphatic hydroxyl groups excluding tert-OH is 3. The summed E-state index contributed by atoms with van der Waals surface area (Å²) >= 11 is 0. The van der Waals surface area contributed by atoms with Crippen LogP contribution in [-0.2, 0) is 19.5 Å². The maximum atomic E-state index is 12.3. The second-order valence-electron chi connectivity index (χ2n) is 4.04. The molecular weight excluding hydrogens is 311 g/mol. The number of nitrogens with one attached hydrogen (secondary N) is 1. The Morgan fingerprint density at radius 3 is 2.25 bits per heavy atom. The molecule has 120 valence electrons. The van der Waals surface area contributed by atoms with Crippen LogP contribution in [0.1, 0.15) is 0 Å². The highest BCUT2D eigenvalue weighted by molar-refractivity contribution is 7.90. The summed E-state index contributed by atoms with van der Waals surface area (Å²) in [6, 6.07) is -1.88. The molecule has 1 fully saturated rings. The second-order valence-corrected chi connectivity index (χ2v) is 5.74. The smallest absolute Gasteiger partial charge is 0.394 e. The van der Waals surface area contributed by atoms with E-state index in [-0.39, 0.29) is 0 Å². The number of halogens is 3. The molecule has 5 atom stereocenters. The lowest BCUT2D eigenvalue weighted by Gasteiger charge is -2.41. The minimum Gasteiger partial charge on any atom is -0.394 e. The third-order valence-corrected chi connectivity index (χ3v) is 3.90. The van der Waals surface area contributed by atoms with Gasteiger partial charge in [-0.25, -0.2) is 8.42 Å². The molecule has 1 saturated heterocycles.